The molecule has 0 saturated carbocycles. The molecule has 54 heavy (non-hydrogen) atoms. The first-order valence-corrected chi connectivity index (χ1v) is 18.8. The van der Waals surface area contributed by atoms with E-state index < -0.39 is 0 Å². The SMILES string of the molecule is CC.CC(N)c1ccc(-n2c3ccccc3c3c4c(c5ccccc5c32)Oc2ccccc2-c2ccccc2-4)cc1.Cc1ccccc1.c1ccccc1. The fourth-order valence-electron chi connectivity index (χ4n) is 7.19. The van der Waals surface area contributed by atoms with E-state index in [2.05, 4.69) is 139 Å². The lowest BCUT2D eigenvalue weighted by Crippen LogP contribution is -2.05. The first-order valence-electron chi connectivity index (χ1n) is 18.8. The minimum atomic E-state index is -0.0101. The van der Waals surface area contributed by atoms with Gasteiger partial charge in [0.1, 0.15) is 11.5 Å². The lowest BCUT2D eigenvalue weighted by molar-refractivity contribution is 0.494. The lowest BCUT2D eigenvalue weighted by atomic mass is 9.90. The highest BCUT2D eigenvalue weighted by Gasteiger charge is 2.28. The van der Waals surface area contributed by atoms with E-state index in [1.54, 1.807) is 0 Å². The summed E-state index contributed by atoms with van der Waals surface area (Å²) in [6.45, 7) is 8.10. The highest BCUT2D eigenvalue weighted by molar-refractivity contribution is 6.27. The van der Waals surface area contributed by atoms with Crippen molar-refractivity contribution in [3.63, 3.8) is 0 Å². The molecule has 0 spiro atoms. The molecule has 1 unspecified atom stereocenters. The van der Waals surface area contributed by atoms with E-state index in [0.29, 0.717) is 0 Å². The Kier molecular flexibility index (Phi) is 11.0. The quantitative estimate of drug-likeness (QED) is 0.195. The highest BCUT2D eigenvalue weighted by atomic mass is 16.5. The number of aryl methyl sites for hydroxylation is 1. The molecule has 0 aliphatic carbocycles. The van der Waals surface area contributed by atoms with E-state index in [1.807, 2.05) is 81.4 Å². The van der Waals surface area contributed by atoms with Crippen LogP contribution in [0.15, 0.2) is 188 Å². The van der Waals surface area contributed by atoms with Crippen molar-refractivity contribution in [1.29, 1.82) is 0 Å². The Balaban J connectivity index is 0.000000252. The number of nitrogens with two attached hydrogens (primary N) is 1. The molecular formula is C51H46N2O. The van der Waals surface area contributed by atoms with Gasteiger partial charge in [0.25, 0.3) is 0 Å². The molecule has 2 heterocycles. The Hall–Kier alpha value is -6.42. The molecule has 0 saturated heterocycles. The summed E-state index contributed by atoms with van der Waals surface area (Å²) in [7, 11) is 0. The third kappa shape index (κ3) is 7.02. The van der Waals surface area contributed by atoms with Crippen molar-refractivity contribution in [2.24, 2.45) is 5.73 Å². The van der Waals surface area contributed by atoms with Crippen LogP contribution in [-0.2, 0) is 0 Å². The first kappa shape index (κ1) is 36.0. The predicted octanol–water partition coefficient (Wildman–Crippen LogP) is 14.1. The fraction of sp³-hybridized carbons (Fsp3) is 0.0980. The third-order valence-electron chi connectivity index (χ3n) is 9.65. The molecule has 0 fully saturated rings. The largest absolute Gasteiger partial charge is 0.455 e. The number of hydrogen-bond acceptors (Lipinski definition) is 2. The van der Waals surface area contributed by atoms with Crippen molar-refractivity contribution in [3.8, 4) is 39.4 Å². The number of hydrogen-bond donors (Lipinski definition) is 1. The van der Waals surface area contributed by atoms with Crippen LogP contribution in [0.4, 0.5) is 0 Å². The summed E-state index contributed by atoms with van der Waals surface area (Å²) in [5.74, 6) is 1.79. The van der Waals surface area contributed by atoms with E-state index in [0.717, 1.165) is 44.6 Å². The normalized spacial score (nSPS) is 11.5. The van der Waals surface area contributed by atoms with E-state index in [9.17, 15) is 0 Å². The van der Waals surface area contributed by atoms with Crippen LogP contribution < -0.4 is 10.5 Å². The summed E-state index contributed by atoms with van der Waals surface area (Å²) in [6.07, 6.45) is 0. The molecule has 1 aliphatic rings. The molecule has 266 valence electrons. The Labute approximate surface area is 318 Å². The van der Waals surface area contributed by atoms with Gasteiger partial charge in [-0.2, -0.15) is 0 Å². The number of nitrogens with zero attached hydrogens (tertiary/aromatic N) is 1. The Bertz CT molecular complexity index is 2590. The van der Waals surface area contributed by atoms with Gasteiger partial charge in [-0.05, 0) is 54.8 Å². The summed E-state index contributed by atoms with van der Waals surface area (Å²) in [6, 6.07) is 65.3. The molecule has 10 rings (SSSR count). The molecule has 9 aromatic rings. The summed E-state index contributed by atoms with van der Waals surface area (Å²) in [4.78, 5) is 0. The van der Waals surface area contributed by atoms with Crippen molar-refractivity contribution >= 4 is 32.6 Å². The van der Waals surface area contributed by atoms with Crippen LogP contribution in [0, 0.1) is 6.92 Å². The lowest BCUT2D eigenvalue weighted by Gasteiger charge is -2.17. The van der Waals surface area contributed by atoms with E-state index in [-0.39, 0.29) is 6.04 Å². The van der Waals surface area contributed by atoms with Gasteiger partial charge >= 0.3 is 0 Å². The molecule has 3 heteroatoms. The Morgan fingerprint density at radius 1 is 0.500 bits per heavy atom. The van der Waals surface area contributed by atoms with Gasteiger partial charge in [-0.3, -0.25) is 0 Å². The molecule has 0 bridgehead atoms. The maximum absolute atomic E-state index is 6.89. The number of para-hydroxylation sites is 2. The highest BCUT2D eigenvalue weighted by Crippen LogP contribution is 2.54. The monoisotopic (exact) mass is 702 g/mol. The molecule has 3 nitrogen and oxygen atoms in total. The van der Waals surface area contributed by atoms with Crippen LogP contribution in [0.25, 0.3) is 60.5 Å². The topological polar surface area (TPSA) is 40.2 Å². The number of benzene rings is 8. The second kappa shape index (κ2) is 16.5. The molecule has 0 radical (unpaired) electrons. The maximum Gasteiger partial charge on any atom is 0.143 e. The third-order valence-corrected chi connectivity index (χ3v) is 9.65. The summed E-state index contributed by atoms with van der Waals surface area (Å²) < 4.78 is 9.29. The van der Waals surface area contributed by atoms with Gasteiger partial charge in [0.05, 0.1) is 11.0 Å². The standard InChI is InChI=1S/C36H26N2O.C7H8.C6H6.C2H6/c1-22(37)23-18-20-24(21-19-23)38-31-16-8-6-15-30(31)33-34-27-12-3-2-10-25(27)26-11-7-9-17-32(26)39-36(34)29-14-5-4-13-28(29)35(33)38;1-7-5-3-2-4-6-7;1-2-4-6-5-3-1;1-2/h2-22H,37H2,1H3;2-6H,1H3;1-6H;1-2H3. The van der Waals surface area contributed by atoms with Crippen molar-refractivity contribution < 1.29 is 4.74 Å². The van der Waals surface area contributed by atoms with Gasteiger partial charge in [0, 0.05) is 44.4 Å². The van der Waals surface area contributed by atoms with Gasteiger partial charge in [-0.25, -0.2) is 0 Å². The van der Waals surface area contributed by atoms with Crippen LogP contribution >= 0.6 is 0 Å². The van der Waals surface area contributed by atoms with E-state index in [4.69, 9.17) is 10.5 Å². The zero-order chi connectivity index (χ0) is 37.4. The average Bonchev–Trinajstić information content (AvgIpc) is 3.50. The number of rotatable bonds is 2. The molecule has 2 N–H and O–H groups in total. The molecule has 0 amide bonds. The second-order valence-electron chi connectivity index (χ2n) is 13.2. The van der Waals surface area contributed by atoms with E-state index in [1.165, 1.54) is 38.5 Å². The number of aromatic nitrogens is 1. The van der Waals surface area contributed by atoms with Gasteiger partial charge in [-0.1, -0.05) is 183 Å². The molecule has 1 aromatic heterocycles. The van der Waals surface area contributed by atoms with Crippen molar-refractivity contribution in [2.45, 2.75) is 33.7 Å². The molecule has 1 aliphatic heterocycles. The number of fused-ring (bicyclic) bond motifs is 12. The molecule has 1 atom stereocenters. The summed E-state index contributed by atoms with van der Waals surface area (Å²) in [5, 5.41) is 4.67. The van der Waals surface area contributed by atoms with Gasteiger partial charge < -0.3 is 15.0 Å². The smallest absolute Gasteiger partial charge is 0.143 e. The number of ether oxygens (including phenoxy) is 1. The summed E-state index contributed by atoms with van der Waals surface area (Å²) in [5.41, 5.74) is 16.7. The van der Waals surface area contributed by atoms with Crippen LogP contribution in [0.2, 0.25) is 0 Å². The Morgan fingerprint density at radius 3 is 1.61 bits per heavy atom. The van der Waals surface area contributed by atoms with Crippen molar-refractivity contribution in [2.75, 3.05) is 0 Å². The van der Waals surface area contributed by atoms with Crippen LogP contribution in [-0.4, -0.2) is 4.57 Å². The zero-order valence-corrected chi connectivity index (χ0v) is 31.4. The average molecular weight is 703 g/mol. The zero-order valence-electron chi connectivity index (χ0n) is 31.4. The Morgan fingerprint density at radius 2 is 1.00 bits per heavy atom. The minimum absolute atomic E-state index is 0.0101. The van der Waals surface area contributed by atoms with Crippen LogP contribution in [0.5, 0.6) is 11.5 Å². The van der Waals surface area contributed by atoms with Crippen LogP contribution in [0.3, 0.4) is 0 Å². The maximum atomic E-state index is 6.89. The van der Waals surface area contributed by atoms with E-state index >= 15 is 0 Å². The minimum Gasteiger partial charge on any atom is -0.455 e. The fourth-order valence-corrected chi connectivity index (χ4v) is 7.19. The predicted molar refractivity (Wildman–Crippen MR) is 231 cm³/mol. The second-order valence-corrected chi connectivity index (χ2v) is 13.2. The summed E-state index contributed by atoms with van der Waals surface area (Å²) >= 11 is 0. The van der Waals surface area contributed by atoms with Gasteiger partial charge in [0.2, 0.25) is 0 Å². The van der Waals surface area contributed by atoms with Crippen molar-refractivity contribution in [1.82, 2.24) is 4.57 Å². The first-order chi connectivity index (χ1) is 26.6. The van der Waals surface area contributed by atoms with Crippen LogP contribution in [0.1, 0.15) is 37.9 Å². The molecular weight excluding hydrogens is 657 g/mol. The van der Waals surface area contributed by atoms with Gasteiger partial charge in [0.15, 0.2) is 0 Å². The molecule has 8 aromatic carbocycles. The van der Waals surface area contributed by atoms with Gasteiger partial charge in [-0.15, -0.1) is 0 Å². The van der Waals surface area contributed by atoms with Crippen molar-refractivity contribution in [3.05, 3.63) is 199 Å².